The molecule has 0 unspecified atom stereocenters. The van der Waals surface area contributed by atoms with Crippen molar-refractivity contribution in [2.75, 3.05) is 7.11 Å². The van der Waals surface area contributed by atoms with Gasteiger partial charge in [-0.25, -0.2) is 0 Å². The van der Waals surface area contributed by atoms with Crippen LogP contribution in [0.1, 0.15) is 11.1 Å². The van der Waals surface area contributed by atoms with E-state index in [2.05, 4.69) is 14.9 Å². The summed E-state index contributed by atoms with van der Waals surface area (Å²) in [6.45, 7) is 0. The zero-order chi connectivity index (χ0) is 19.0. The van der Waals surface area contributed by atoms with E-state index in [1.165, 1.54) is 37.2 Å². The molecule has 2 rings (SSSR count). The van der Waals surface area contributed by atoms with Crippen LogP contribution in [0.2, 0.25) is 0 Å². The molecule has 0 spiro atoms. The second-order valence-electron chi connectivity index (χ2n) is 4.92. The van der Waals surface area contributed by atoms with Gasteiger partial charge in [0.15, 0.2) is 16.7 Å². The molecule has 2 N–H and O–H groups in total. The molecule has 0 atom stereocenters. The lowest BCUT2D eigenvalue weighted by atomic mass is 10.2. The van der Waals surface area contributed by atoms with Gasteiger partial charge in [0.1, 0.15) is 0 Å². The van der Waals surface area contributed by atoms with Crippen LogP contribution in [-0.4, -0.2) is 24.9 Å². The molecule has 0 bridgehead atoms. The number of amidine groups is 1. The molecule has 0 heterocycles. The fraction of sp³-hybridized carbons (Fsp3) is 0.176. The van der Waals surface area contributed by atoms with Gasteiger partial charge in [-0.15, -0.1) is 18.3 Å². The number of nitrogens with zero attached hydrogens (tertiary/aromatic N) is 2. The monoisotopic (exact) mass is 383 g/mol. The molecule has 5 nitrogen and oxygen atoms in total. The number of halogens is 3. The molecule has 0 aliphatic carbocycles. The number of hydrogen-bond donors (Lipinski definition) is 1. The molecule has 9 heteroatoms. The van der Waals surface area contributed by atoms with Crippen LogP contribution in [0.4, 0.5) is 13.2 Å². The highest BCUT2D eigenvalue weighted by atomic mass is 32.2. The van der Waals surface area contributed by atoms with Crippen molar-refractivity contribution < 1.29 is 22.6 Å². The Morgan fingerprint density at radius 3 is 2.54 bits per heavy atom. The number of thioether (sulfide) groups is 1. The molecule has 0 saturated heterocycles. The lowest BCUT2D eigenvalue weighted by Gasteiger charge is -2.12. The smallest absolute Gasteiger partial charge is 0.493 e. The third-order valence-electron chi connectivity index (χ3n) is 3.01. The zero-order valence-corrected chi connectivity index (χ0v) is 14.6. The lowest BCUT2D eigenvalue weighted by molar-refractivity contribution is -0.275. The summed E-state index contributed by atoms with van der Waals surface area (Å²) in [5, 5.41) is 7.84. The first-order chi connectivity index (χ1) is 12.4. The second kappa shape index (κ2) is 9.14. The summed E-state index contributed by atoms with van der Waals surface area (Å²) < 4.78 is 46.0. The molecule has 2 aromatic rings. The predicted octanol–water partition coefficient (Wildman–Crippen LogP) is 4.18. The lowest BCUT2D eigenvalue weighted by Crippen LogP contribution is -2.17. The molecule has 0 radical (unpaired) electrons. The summed E-state index contributed by atoms with van der Waals surface area (Å²) in [5.74, 6) is 0.137. The van der Waals surface area contributed by atoms with E-state index in [1.54, 1.807) is 0 Å². The fourth-order valence-electron chi connectivity index (χ4n) is 1.89. The average molecular weight is 383 g/mol. The van der Waals surface area contributed by atoms with E-state index in [9.17, 15) is 13.2 Å². The van der Waals surface area contributed by atoms with Crippen molar-refractivity contribution in [2.45, 2.75) is 12.1 Å². The third kappa shape index (κ3) is 6.67. The first-order valence-corrected chi connectivity index (χ1v) is 8.33. The van der Waals surface area contributed by atoms with E-state index in [-0.39, 0.29) is 10.9 Å². The molecule has 0 fully saturated rings. The average Bonchev–Trinajstić information content (AvgIpc) is 2.60. The Kier molecular flexibility index (Phi) is 6.90. The largest absolute Gasteiger partial charge is 0.573 e. The highest BCUT2D eigenvalue weighted by molar-refractivity contribution is 8.13. The highest BCUT2D eigenvalue weighted by Gasteiger charge is 2.32. The normalized spacial score (nSPS) is 12.4. The van der Waals surface area contributed by atoms with Gasteiger partial charge in [-0.3, -0.25) is 0 Å². The minimum atomic E-state index is -4.82. The summed E-state index contributed by atoms with van der Waals surface area (Å²) in [4.78, 5) is 0. The second-order valence-corrected chi connectivity index (χ2v) is 5.91. The van der Waals surface area contributed by atoms with Crippen molar-refractivity contribution in [3.63, 3.8) is 0 Å². The minimum Gasteiger partial charge on any atom is -0.493 e. The SMILES string of the molecule is COc1ccc(C=NN=C(N)SCc2ccccc2)cc1OC(F)(F)F. The van der Waals surface area contributed by atoms with E-state index >= 15 is 0 Å². The van der Waals surface area contributed by atoms with Crippen molar-refractivity contribution in [3.05, 3.63) is 59.7 Å². The van der Waals surface area contributed by atoms with Gasteiger partial charge < -0.3 is 15.2 Å². The maximum absolute atomic E-state index is 12.4. The number of benzene rings is 2. The van der Waals surface area contributed by atoms with Crippen LogP contribution in [0.5, 0.6) is 11.5 Å². The molecule has 0 amide bonds. The van der Waals surface area contributed by atoms with Crippen LogP contribution in [-0.2, 0) is 5.75 Å². The molecule has 2 aromatic carbocycles. The summed E-state index contributed by atoms with van der Waals surface area (Å²) >= 11 is 1.30. The maximum Gasteiger partial charge on any atom is 0.573 e. The van der Waals surface area contributed by atoms with E-state index < -0.39 is 12.1 Å². The summed E-state index contributed by atoms with van der Waals surface area (Å²) in [6, 6.07) is 13.7. The molecular formula is C17H16F3N3O2S. The summed E-state index contributed by atoms with van der Waals surface area (Å²) in [6.07, 6.45) is -3.54. The zero-order valence-electron chi connectivity index (χ0n) is 13.7. The Balaban J connectivity index is 2.01. The topological polar surface area (TPSA) is 69.2 Å². The van der Waals surface area contributed by atoms with Crippen LogP contribution in [0.3, 0.4) is 0 Å². The van der Waals surface area contributed by atoms with E-state index in [0.717, 1.165) is 11.6 Å². The van der Waals surface area contributed by atoms with E-state index in [1.807, 2.05) is 30.3 Å². The molecule has 0 aromatic heterocycles. The van der Waals surface area contributed by atoms with Gasteiger partial charge in [0, 0.05) is 5.75 Å². The molecule has 0 aliphatic rings. The number of hydrogen-bond acceptors (Lipinski definition) is 5. The van der Waals surface area contributed by atoms with Gasteiger partial charge in [0.25, 0.3) is 0 Å². The first-order valence-electron chi connectivity index (χ1n) is 7.34. The predicted molar refractivity (Wildman–Crippen MR) is 96.6 cm³/mol. The van der Waals surface area contributed by atoms with Gasteiger partial charge in [-0.1, -0.05) is 42.1 Å². The van der Waals surface area contributed by atoms with E-state index in [4.69, 9.17) is 10.5 Å². The van der Waals surface area contributed by atoms with Crippen LogP contribution in [0.25, 0.3) is 0 Å². The van der Waals surface area contributed by atoms with Crippen LogP contribution >= 0.6 is 11.8 Å². The fourth-order valence-corrected chi connectivity index (χ4v) is 2.50. The molecule has 26 heavy (non-hydrogen) atoms. The summed E-state index contributed by atoms with van der Waals surface area (Å²) in [7, 11) is 1.25. The third-order valence-corrected chi connectivity index (χ3v) is 3.86. The van der Waals surface area contributed by atoms with Crippen LogP contribution < -0.4 is 15.2 Å². The van der Waals surface area contributed by atoms with Crippen LogP contribution in [0.15, 0.2) is 58.7 Å². The standard InChI is InChI=1S/C17H16F3N3O2S/c1-24-14-8-7-13(9-15(14)25-17(18,19)20)10-22-23-16(21)26-11-12-5-3-2-4-6-12/h2-10H,11H2,1H3,(H2,21,23). The summed E-state index contributed by atoms with van der Waals surface area (Å²) in [5.41, 5.74) is 7.19. The van der Waals surface area contributed by atoms with Crippen molar-refractivity contribution in [1.82, 2.24) is 0 Å². The molecular weight excluding hydrogens is 367 g/mol. The van der Waals surface area contributed by atoms with Crippen LogP contribution in [0, 0.1) is 0 Å². The minimum absolute atomic E-state index is 0.0408. The van der Waals surface area contributed by atoms with Gasteiger partial charge in [0.2, 0.25) is 0 Å². The van der Waals surface area contributed by atoms with Crippen molar-refractivity contribution in [1.29, 1.82) is 0 Å². The number of ether oxygens (including phenoxy) is 2. The maximum atomic E-state index is 12.4. The Morgan fingerprint density at radius 2 is 1.88 bits per heavy atom. The van der Waals surface area contributed by atoms with Crippen molar-refractivity contribution >= 4 is 23.1 Å². The van der Waals surface area contributed by atoms with Gasteiger partial charge in [0.05, 0.1) is 13.3 Å². The highest BCUT2D eigenvalue weighted by Crippen LogP contribution is 2.32. The Labute approximate surface area is 152 Å². The van der Waals surface area contributed by atoms with Gasteiger partial charge in [-0.05, 0) is 29.3 Å². The number of rotatable bonds is 6. The molecule has 138 valence electrons. The van der Waals surface area contributed by atoms with Gasteiger partial charge >= 0.3 is 6.36 Å². The Hall–Kier alpha value is -2.68. The number of nitrogens with two attached hydrogens (primary N) is 1. The Morgan fingerprint density at radius 1 is 1.15 bits per heavy atom. The first kappa shape index (κ1) is 19.6. The molecule has 0 saturated carbocycles. The number of alkyl halides is 3. The van der Waals surface area contributed by atoms with Gasteiger partial charge in [-0.2, -0.15) is 5.10 Å². The van der Waals surface area contributed by atoms with Crippen molar-refractivity contribution in [2.24, 2.45) is 15.9 Å². The number of methoxy groups -OCH3 is 1. The van der Waals surface area contributed by atoms with Crippen molar-refractivity contribution in [3.8, 4) is 11.5 Å². The van der Waals surface area contributed by atoms with E-state index in [0.29, 0.717) is 11.3 Å². The quantitative estimate of drug-likeness (QED) is 0.462. The molecule has 0 aliphatic heterocycles. The Bertz CT molecular complexity index is 781.